The zero-order chi connectivity index (χ0) is 8.09. The lowest BCUT2D eigenvalue weighted by atomic mass is 9.73. The van der Waals surface area contributed by atoms with Gasteiger partial charge in [-0.25, -0.2) is 0 Å². The molecule has 12 heavy (non-hydrogen) atoms. The number of rotatable bonds is 1. The van der Waals surface area contributed by atoms with Crippen molar-refractivity contribution >= 4 is 0 Å². The molecule has 1 N–H and O–H groups in total. The second-order valence-electron chi connectivity index (χ2n) is 5.52. The molecule has 4 rings (SSSR count). The molecule has 1 nitrogen and oxygen atoms in total. The van der Waals surface area contributed by atoms with Crippen LogP contribution in [0.2, 0.25) is 0 Å². The summed E-state index contributed by atoms with van der Waals surface area (Å²) in [5, 5.41) is 10.5. The van der Waals surface area contributed by atoms with Crippen LogP contribution in [0.3, 0.4) is 0 Å². The summed E-state index contributed by atoms with van der Waals surface area (Å²) in [4.78, 5) is 0. The van der Waals surface area contributed by atoms with Gasteiger partial charge in [0.15, 0.2) is 0 Å². The number of hydrogen-bond donors (Lipinski definition) is 1. The van der Waals surface area contributed by atoms with E-state index in [9.17, 15) is 5.11 Å². The molecule has 1 heteroatoms. The van der Waals surface area contributed by atoms with Gasteiger partial charge >= 0.3 is 0 Å². The maximum absolute atomic E-state index is 10.5. The highest BCUT2D eigenvalue weighted by Gasteiger charge is 2.81. The van der Waals surface area contributed by atoms with Gasteiger partial charge in [0, 0.05) is 0 Å². The summed E-state index contributed by atoms with van der Waals surface area (Å²) in [6.07, 6.45) is 3.74. The van der Waals surface area contributed by atoms with E-state index in [2.05, 4.69) is 6.92 Å². The quantitative estimate of drug-likeness (QED) is 0.625. The molecule has 66 valence electrons. The van der Waals surface area contributed by atoms with E-state index in [1.807, 2.05) is 0 Å². The molecule has 4 fully saturated rings. The van der Waals surface area contributed by atoms with Gasteiger partial charge in [0.2, 0.25) is 0 Å². The summed E-state index contributed by atoms with van der Waals surface area (Å²) in [7, 11) is 0. The lowest BCUT2D eigenvalue weighted by Crippen LogP contribution is -2.42. The van der Waals surface area contributed by atoms with Crippen LogP contribution in [0, 0.1) is 35.5 Å². The van der Waals surface area contributed by atoms with Gasteiger partial charge in [0.25, 0.3) is 0 Å². The van der Waals surface area contributed by atoms with E-state index >= 15 is 0 Å². The van der Waals surface area contributed by atoms with Crippen molar-refractivity contribution < 1.29 is 5.11 Å². The molecule has 4 saturated carbocycles. The molecule has 0 aromatic heterocycles. The van der Waals surface area contributed by atoms with Crippen molar-refractivity contribution in [2.45, 2.75) is 31.8 Å². The molecular formula is C11H16O. The lowest BCUT2D eigenvalue weighted by molar-refractivity contribution is -0.0657. The Balaban J connectivity index is 1.86. The van der Waals surface area contributed by atoms with Crippen LogP contribution in [0.5, 0.6) is 0 Å². The Bertz CT molecular complexity index is 240. The third kappa shape index (κ3) is 0.396. The molecule has 4 aliphatic carbocycles. The van der Waals surface area contributed by atoms with Gasteiger partial charge in [-0.05, 0) is 54.8 Å². The molecule has 0 bridgehead atoms. The summed E-state index contributed by atoms with van der Waals surface area (Å²) in [5.41, 5.74) is -0.209. The fourth-order valence-electron chi connectivity index (χ4n) is 5.34. The summed E-state index contributed by atoms with van der Waals surface area (Å²) in [5.74, 6) is 5.55. The third-order valence-corrected chi connectivity index (χ3v) is 5.63. The zero-order valence-electron chi connectivity index (χ0n) is 7.53. The fourth-order valence-corrected chi connectivity index (χ4v) is 5.34. The van der Waals surface area contributed by atoms with Gasteiger partial charge in [0.1, 0.15) is 0 Å². The summed E-state index contributed by atoms with van der Waals surface area (Å²) in [6.45, 7) is 2.17. The topological polar surface area (TPSA) is 20.2 Å². The van der Waals surface area contributed by atoms with Crippen molar-refractivity contribution in [3.8, 4) is 0 Å². The molecule has 4 atom stereocenters. The van der Waals surface area contributed by atoms with Gasteiger partial charge in [0.05, 0.1) is 5.60 Å². The van der Waals surface area contributed by atoms with Crippen molar-refractivity contribution in [3.05, 3.63) is 0 Å². The smallest absolute Gasteiger partial charge is 0.0707 e. The molecule has 4 unspecified atom stereocenters. The van der Waals surface area contributed by atoms with E-state index < -0.39 is 0 Å². The minimum Gasteiger partial charge on any atom is -0.389 e. The molecule has 0 amide bonds. The molecule has 0 aromatic carbocycles. The first-order valence-electron chi connectivity index (χ1n) is 5.49. The van der Waals surface area contributed by atoms with Crippen molar-refractivity contribution in [2.24, 2.45) is 35.5 Å². The van der Waals surface area contributed by atoms with Gasteiger partial charge in [-0.15, -0.1) is 0 Å². The first kappa shape index (κ1) is 6.42. The second kappa shape index (κ2) is 1.50. The van der Waals surface area contributed by atoms with Crippen LogP contribution in [-0.4, -0.2) is 10.7 Å². The fraction of sp³-hybridized carbons (Fsp3) is 1.00. The minimum atomic E-state index is -0.209. The Morgan fingerprint density at radius 2 is 1.75 bits per heavy atom. The number of aliphatic hydroxyl groups is 1. The molecular weight excluding hydrogens is 148 g/mol. The van der Waals surface area contributed by atoms with E-state index in [4.69, 9.17) is 0 Å². The standard InChI is InChI=1S/C11H16O/c1-2-11(12)6-3-5-4-7(11)10-8(5)9(6)10/h5-10,12H,2-4H2,1H3. The highest BCUT2D eigenvalue weighted by molar-refractivity contribution is 5.29. The highest BCUT2D eigenvalue weighted by atomic mass is 16.3. The summed E-state index contributed by atoms with van der Waals surface area (Å²) < 4.78 is 0. The second-order valence-corrected chi connectivity index (χ2v) is 5.52. The molecule has 4 aliphatic rings. The molecule has 0 spiro atoms. The van der Waals surface area contributed by atoms with Crippen molar-refractivity contribution in [3.63, 3.8) is 0 Å². The van der Waals surface area contributed by atoms with E-state index in [0.717, 1.165) is 41.9 Å². The average molecular weight is 164 g/mol. The van der Waals surface area contributed by atoms with Crippen LogP contribution in [0.25, 0.3) is 0 Å². The van der Waals surface area contributed by atoms with E-state index in [1.165, 1.54) is 12.8 Å². The van der Waals surface area contributed by atoms with Gasteiger partial charge in [-0.1, -0.05) is 6.92 Å². The highest BCUT2D eigenvalue weighted by Crippen LogP contribution is 2.82. The van der Waals surface area contributed by atoms with Crippen LogP contribution in [0.1, 0.15) is 26.2 Å². The summed E-state index contributed by atoms with van der Waals surface area (Å²) in [6, 6.07) is 0. The van der Waals surface area contributed by atoms with E-state index in [1.54, 1.807) is 0 Å². The summed E-state index contributed by atoms with van der Waals surface area (Å²) >= 11 is 0. The Hall–Kier alpha value is -0.0400. The maximum Gasteiger partial charge on any atom is 0.0707 e. The predicted octanol–water partition coefficient (Wildman–Crippen LogP) is 1.66. The monoisotopic (exact) mass is 164 g/mol. The van der Waals surface area contributed by atoms with Crippen LogP contribution in [-0.2, 0) is 0 Å². The largest absolute Gasteiger partial charge is 0.389 e. The maximum atomic E-state index is 10.5. The molecule has 0 saturated heterocycles. The Morgan fingerprint density at radius 3 is 2.17 bits per heavy atom. The Kier molecular flexibility index (Phi) is 0.800. The minimum absolute atomic E-state index is 0.209. The third-order valence-electron chi connectivity index (χ3n) is 5.63. The molecule has 0 aromatic rings. The van der Waals surface area contributed by atoms with E-state index in [-0.39, 0.29) is 5.60 Å². The van der Waals surface area contributed by atoms with Crippen LogP contribution in [0.15, 0.2) is 0 Å². The van der Waals surface area contributed by atoms with E-state index in [0.29, 0.717) is 0 Å². The predicted molar refractivity (Wildman–Crippen MR) is 45.4 cm³/mol. The van der Waals surface area contributed by atoms with Crippen LogP contribution >= 0.6 is 0 Å². The zero-order valence-corrected chi connectivity index (χ0v) is 7.53. The van der Waals surface area contributed by atoms with Gasteiger partial charge in [-0.2, -0.15) is 0 Å². The lowest BCUT2D eigenvalue weighted by Gasteiger charge is -2.38. The molecule has 0 heterocycles. The SMILES string of the molecule is CCC1(O)C2CC3CC1C1C3C12. The first-order chi connectivity index (χ1) is 5.77. The average Bonchev–Trinajstić information content (AvgIpc) is 2.56. The Labute approximate surface area is 73.2 Å². The van der Waals surface area contributed by atoms with Crippen LogP contribution in [0.4, 0.5) is 0 Å². The Morgan fingerprint density at radius 1 is 1.17 bits per heavy atom. The van der Waals surface area contributed by atoms with Gasteiger partial charge < -0.3 is 5.11 Å². The van der Waals surface area contributed by atoms with Crippen molar-refractivity contribution in [1.82, 2.24) is 0 Å². The van der Waals surface area contributed by atoms with Crippen molar-refractivity contribution in [2.75, 3.05) is 0 Å². The van der Waals surface area contributed by atoms with Gasteiger partial charge in [-0.3, -0.25) is 0 Å². The van der Waals surface area contributed by atoms with Crippen LogP contribution < -0.4 is 0 Å². The molecule has 0 radical (unpaired) electrons. The number of hydrogen-bond acceptors (Lipinski definition) is 1. The molecule has 0 aliphatic heterocycles. The van der Waals surface area contributed by atoms with Crippen molar-refractivity contribution in [1.29, 1.82) is 0 Å². The first-order valence-corrected chi connectivity index (χ1v) is 5.49. The normalized spacial score (nSPS) is 75.5.